The van der Waals surface area contributed by atoms with Gasteiger partial charge in [-0.05, 0) is 39.0 Å². The lowest BCUT2D eigenvalue weighted by Crippen LogP contribution is -2.58. The SMILES string of the molecule is CCCCCCCCCCCCN[Si](C)(C)NCCCCCCCCCCCC. The summed E-state index contributed by atoms with van der Waals surface area (Å²) in [6, 6.07) is 0. The first-order valence-electron chi connectivity index (χ1n) is 13.6. The average molecular weight is 427 g/mol. The van der Waals surface area contributed by atoms with E-state index in [1.54, 1.807) is 0 Å². The van der Waals surface area contributed by atoms with Crippen molar-refractivity contribution in [2.45, 2.75) is 155 Å². The zero-order valence-corrected chi connectivity index (χ0v) is 22.1. The molecule has 0 fully saturated rings. The van der Waals surface area contributed by atoms with Crippen molar-refractivity contribution in [1.29, 1.82) is 0 Å². The summed E-state index contributed by atoms with van der Waals surface area (Å²) >= 11 is 0. The molecule has 0 spiro atoms. The molecule has 0 atom stereocenters. The third kappa shape index (κ3) is 24.3. The Hall–Kier alpha value is 0.137. The van der Waals surface area contributed by atoms with Crippen LogP contribution in [0.2, 0.25) is 13.1 Å². The molecule has 2 N–H and O–H groups in total. The summed E-state index contributed by atoms with van der Waals surface area (Å²) in [6.45, 7) is 11.9. The minimum atomic E-state index is -1.39. The predicted molar refractivity (Wildman–Crippen MR) is 137 cm³/mol. The Morgan fingerprint density at radius 2 is 0.621 bits per heavy atom. The maximum atomic E-state index is 3.85. The molecule has 0 rings (SSSR count). The largest absolute Gasteiger partial charge is 0.326 e. The van der Waals surface area contributed by atoms with E-state index in [2.05, 4.69) is 36.9 Å². The van der Waals surface area contributed by atoms with Gasteiger partial charge in [-0.25, -0.2) is 0 Å². The van der Waals surface area contributed by atoms with E-state index >= 15 is 0 Å². The summed E-state index contributed by atoms with van der Waals surface area (Å²) in [5, 5.41) is 0. The Morgan fingerprint density at radius 1 is 0.379 bits per heavy atom. The zero-order valence-electron chi connectivity index (χ0n) is 21.1. The van der Waals surface area contributed by atoms with Crippen LogP contribution in [0.5, 0.6) is 0 Å². The minimum absolute atomic E-state index is 1.21. The van der Waals surface area contributed by atoms with Crippen LogP contribution in [0, 0.1) is 0 Å². The first kappa shape index (κ1) is 29.1. The Morgan fingerprint density at radius 3 is 0.897 bits per heavy atom. The highest BCUT2D eigenvalue weighted by Crippen LogP contribution is 2.11. The number of nitrogens with one attached hydrogen (secondary N) is 2. The highest BCUT2D eigenvalue weighted by molar-refractivity contribution is 6.72. The van der Waals surface area contributed by atoms with Crippen LogP contribution in [0.15, 0.2) is 0 Å². The maximum absolute atomic E-state index is 3.85. The van der Waals surface area contributed by atoms with E-state index in [4.69, 9.17) is 0 Å². The summed E-state index contributed by atoms with van der Waals surface area (Å²) in [5.41, 5.74) is 0. The Labute approximate surface area is 187 Å². The van der Waals surface area contributed by atoms with Crippen molar-refractivity contribution in [2.24, 2.45) is 0 Å². The molecular formula is C26H58N2Si. The van der Waals surface area contributed by atoms with Gasteiger partial charge in [-0.2, -0.15) is 0 Å². The van der Waals surface area contributed by atoms with Crippen LogP contribution in [0.4, 0.5) is 0 Å². The number of hydrogen-bond donors (Lipinski definition) is 2. The molecule has 0 aromatic heterocycles. The molecule has 0 saturated heterocycles. The summed E-state index contributed by atoms with van der Waals surface area (Å²) in [7, 11) is -1.39. The molecule has 0 heterocycles. The maximum Gasteiger partial charge on any atom is 0.195 e. The number of unbranched alkanes of at least 4 members (excludes halogenated alkanes) is 18. The molecule has 176 valence electrons. The van der Waals surface area contributed by atoms with E-state index in [1.807, 2.05) is 0 Å². The molecule has 0 aliphatic carbocycles. The van der Waals surface area contributed by atoms with E-state index in [1.165, 1.54) is 142 Å². The third-order valence-corrected chi connectivity index (χ3v) is 8.46. The third-order valence-electron chi connectivity index (χ3n) is 6.19. The lowest BCUT2D eigenvalue weighted by molar-refractivity contribution is 0.551. The van der Waals surface area contributed by atoms with Crippen molar-refractivity contribution >= 4 is 8.40 Å². The Bertz CT molecular complexity index is 279. The van der Waals surface area contributed by atoms with Crippen LogP contribution >= 0.6 is 0 Å². The minimum Gasteiger partial charge on any atom is -0.326 e. The van der Waals surface area contributed by atoms with Gasteiger partial charge in [0.2, 0.25) is 0 Å². The summed E-state index contributed by atoms with van der Waals surface area (Å²) in [4.78, 5) is 7.70. The quantitative estimate of drug-likeness (QED) is 0.119. The van der Waals surface area contributed by atoms with Gasteiger partial charge in [-0.3, -0.25) is 0 Å². The molecule has 0 radical (unpaired) electrons. The van der Waals surface area contributed by atoms with Crippen LogP contribution in [-0.4, -0.2) is 21.5 Å². The van der Waals surface area contributed by atoms with Crippen molar-refractivity contribution in [2.75, 3.05) is 13.1 Å². The lowest BCUT2D eigenvalue weighted by Gasteiger charge is -2.25. The average Bonchev–Trinajstić information content (AvgIpc) is 2.70. The van der Waals surface area contributed by atoms with Gasteiger partial charge in [0.15, 0.2) is 8.40 Å². The Kier molecular flexibility index (Phi) is 22.9. The molecule has 0 amide bonds. The smallest absolute Gasteiger partial charge is 0.195 e. The standard InChI is InChI=1S/C26H58N2Si/c1-5-7-9-11-13-15-17-19-21-23-25-27-29(3,4)28-26-24-22-20-18-16-14-12-10-8-6-2/h27-28H,5-26H2,1-4H3. The van der Waals surface area contributed by atoms with Crippen molar-refractivity contribution in [3.05, 3.63) is 0 Å². The summed E-state index contributed by atoms with van der Waals surface area (Å²) < 4.78 is 0. The topological polar surface area (TPSA) is 24.1 Å². The van der Waals surface area contributed by atoms with E-state index in [0.29, 0.717) is 0 Å². The zero-order chi connectivity index (χ0) is 21.5. The molecule has 3 heteroatoms. The van der Waals surface area contributed by atoms with Crippen molar-refractivity contribution < 1.29 is 0 Å². The molecule has 29 heavy (non-hydrogen) atoms. The first-order valence-corrected chi connectivity index (χ1v) is 16.6. The normalized spacial score (nSPS) is 12.0. The molecule has 0 bridgehead atoms. The first-order chi connectivity index (χ1) is 14.1. The Balaban J connectivity index is 3.30. The van der Waals surface area contributed by atoms with Gasteiger partial charge >= 0.3 is 0 Å². The van der Waals surface area contributed by atoms with Gasteiger partial charge in [0.25, 0.3) is 0 Å². The van der Waals surface area contributed by atoms with Crippen molar-refractivity contribution in [3.8, 4) is 0 Å². The lowest BCUT2D eigenvalue weighted by atomic mass is 10.1. The molecule has 0 aliphatic heterocycles. The molecule has 0 aliphatic rings. The van der Waals surface area contributed by atoms with Gasteiger partial charge < -0.3 is 9.96 Å². The van der Waals surface area contributed by atoms with Crippen molar-refractivity contribution in [3.63, 3.8) is 0 Å². The van der Waals surface area contributed by atoms with Crippen molar-refractivity contribution in [1.82, 2.24) is 9.96 Å². The van der Waals surface area contributed by atoms with E-state index < -0.39 is 8.40 Å². The van der Waals surface area contributed by atoms with Gasteiger partial charge in [0.05, 0.1) is 0 Å². The second-order valence-electron chi connectivity index (χ2n) is 9.84. The van der Waals surface area contributed by atoms with E-state index in [9.17, 15) is 0 Å². The van der Waals surface area contributed by atoms with Crippen LogP contribution < -0.4 is 9.96 Å². The summed E-state index contributed by atoms with van der Waals surface area (Å²) in [5.74, 6) is 0. The van der Waals surface area contributed by atoms with Crippen LogP contribution in [0.25, 0.3) is 0 Å². The molecule has 0 saturated carbocycles. The fourth-order valence-electron chi connectivity index (χ4n) is 4.09. The van der Waals surface area contributed by atoms with Gasteiger partial charge in [0.1, 0.15) is 0 Å². The van der Waals surface area contributed by atoms with Gasteiger partial charge in [-0.1, -0.05) is 129 Å². The highest BCUT2D eigenvalue weighted by atomic mass is 28.3. The predicted octanol–water partition coefficient (Wildman–Crippen LogP) is 8.71. The molecule has 0 aromatic carbocycles. The second-order valence-corrected chi connectivity index (χ2v) is 13.8. The van der Waals surface area contributed by atoms with Gasteiger partial charge in [-0.15, -0.1) is 0 Å². The monoisotopic (exact) mass is 426 g/mol. The fraction of sp³-hybridized carbons (Fsp3) is 1.00. The number of rotatable bonds is 24. The van der Waals surface area contributed by atoms with Crippen LogP contribution in [-0.2, 0) is 0 Å². The fourth-order valence-corrected chi connectivity index (χ4v) is 5.82. The number of hydrogen-bond acceptors (Lipinski definition) is 2. The molecule has 0 unspecified atom stereocenters. The van der Waals surface area contributed by atoms with Crippen LogP contribution in [0.1, 0.15) is 142 Å². The van der Waals surface area contributed by atoms with E-state index in [0.717, 1.165) is 0 Å². The molecule has 2 nitrogen and oxygen atoms in total. The van der Waals surface area contributed by atoms with E-state index in [-0.39, 0.29) is 0 Å². The van der Waals surface area contributed by atoms with Gasteiger partial charge in [0, 0.05) is 0 Å². The molecule has 0 aromatic rings. The van der Waals surface area contributed by atoms with Crippen LogP contribution in [0.3, 0.4) is 0 Å². The summed E-state index contributed by atoms with van der Waals surface area (Å²) in [6.07, 6.45) is 28.5. The molecular weight excluding hydrogens is 368 g/mol. The highest BCUT2D eigenvalue weighted by Gasteiger charge is 2.18. The second kappa shape index (κ2) is 22.8.